The predicted octanol–water partition coefficient (Wildman–Crippen LogP) is 2.85. The molecule has 1 aromatic rings. The van der Waals surface area contributed by atoms with Crippen molar-refractivity contribution in [2.75, 3.05) is 12.8 Å². The van der Waals surface area contributed by atoms with Gasteiger partial charge >= 0.3 is 0 Å². The number of hydrogen-bond donors (Lipinski definition) is 1. The van der Waals surface area contributed by atoms with E-state index in [4.69, 9.17) is 0 Å². The average Bonchev–Trinajstić information content (AvgIpc) is 3.07. The van der Waals surface area contributed by atoms with Crippen LogP contribution < -0.4 is 5.32 Å². The van der Waals surface area contributed by atoms with Crippen LogP contribution in [-0.4, -0.2) is 34.9 Å². The van der Waals surface area contributed by atoms with Crippen molar-refractivity contribution in [2.24, 2.45) is 0 Å². The summed E-state index contributed by atoms with van der Waals surface area (Å²) in [6.45, 7) is 0.487. The summed E-state index contributed by atoms with van der Waals surface area (Å²) in [5.41, 5.74) is 1.24. The standard InChI is InChI=1S/C14H20N2OS2/c1-18-12-4-2-3-11(7-12)16-13(17)8-15-14(16)10-5-6-19-9-10/h5-6,9,11-12,14-15H,2-4,7-8H2,1H3. The molecule has 0 aromatic carbocycles. The minimum Gasteiger partial charge on any atom is -0.319 e. The second-order valence-corrected chi connectivity index (χ2v) is 7.24. The topological polar surface area (TPSA) is 32.3 Å². The van der Waals surface area contributed by atoms with Gasteiger partial charge in [-0.15, -0.1) is 0 Å². The SMILES string of the molecule is CSC1CCCC(N2C(=O)CNC2c2ccsc2)C1. The molecule has 1 aromatic heterocycles. The van der Waals surface area contributed by atoms with Gasteiger partial charge in [-0.1, -0.05) is 6.42 Å². The highest BCUT2D eigenvalue weighted by molar-refractivity contribution is 7.99. The predicted molar refractivity (Wildman–Crippen MR) is 81.5 cm³/mol. The van der Waals surface area contributed by atoms with Crippen molar-refractivity contribution in [1.29, 1.82) is 0 Å². The van der Waals surface area contributed by atoms with Crippen LogP contribution in [0.1, 0.15) is 37.4 Å². The molecule has 19 heavy (non-hydrogen) atoms. The molecule has 1 saturated heterocycles. The number of carbonyl (C=O) groups is 1. The molecule has 2 heterocycles. The molecule has 1 N–H and O–H groups in total. The zero-order valence-corrected chi connectivity index (χ0v) is 12.8. The van der Waals surface area contributed by atoms with Crippen LogP contribution in [0.25, 0.3) is 0 Å². The third-order valence-electron chi connectivity index (χ3n) is 4.20. The van der Waals surface area contributed by atoms with Crippen molar-refractivity contribution in [1.82, 2.24) is 10.2 Å². The summed E-state index contributed by atoms with van der Waals surface area (Å²) in [4.78, 5) is 14.3. The molecule has 1 aliphatic carbocycles. The lowest BCUT2D eigenvalue weighted by Gasteiger charge is -2.37. The van der Waals surface area contributed by atoms with Gasteiger partial charge in [-0.05, 0) is 47.9 Å². The van der Waals surface area contributed by atoms with Crippen LogP contribution in [0.4, 0.5) is 0 Å². The molecule has 5 heteroatoms. The van der Waals surface area contributed by atoms with Gasteiger partial charge in [-0.25, -0.2) is 0 Å². The molecule has 2 fully saturated rings. The number of thioether (sulfide) groups is 1. The second kappa shape index (κ2) is 5.85. The first kappa shape index (κ1) is 13.5. The monoisotopic (exact) mass is 296 g/mol. The zero-order valence-electron chi connectivity index (χ0n) is 11.2. The van der Waals surface area contributed by atoms with Crippen molar-refractivity contribution in [2.45, 2.75) is 43.1 Å². The van der Waals surface area contributed by atoms with E-state index in [2.05, 4.69) is 33.3 Å². The minimum atomic E-state index is 0.101. The maximum absolute atomic E-state index is 12.2. The molecule has 0 bridgehead atoms. The number of hydrogen-bond acceptors (Lipinski definition) is 4. The van der Waals surface area contributed by atoms with Gasteiger partial charge in [0, 0.05) is 11.3 Å². The number of nitrogens with one attached hydrogen (secondary N) is 1. The summed E-state index contributed by atoms with van der Waals surface area (Å²) in [6, 6.07) is 2.54. The van der Waals surface area contributed by atoms with E-state index >= 15 is 0 Å². The van der Waals surface area contributed by atoms with Gasteiger partial charge in [-0.2, -0.15) is 23.1 Å². The van der Waals surface area contributed by atoms with E-state index in [1.165, 1.54) is 18.4 Å². The Morgan fingerprint density at radius 3 is 3.11 bits per heavy atom. The van der Waals surface area contributed by atoms with Gasteiger partial charge < -0.3 is 4.90 Å². The Labute approximate surface area is 122 Å². The first-order valence-electron chi connectivity index (χ1n) is 6.89. The molecule has 1 saturated carbocycles. The molecule has 3 rings (SSSR count). The first-order valence-corrected chi connectivity index (χ1v) is 9.12. The van der Waals surface area contributed by atoms with Crippen LogP contribution in [0, 0.1) is 0 Å². The van der Waals surface area contributed by atoms with Gasteiger partial charge in [0.1, 0.15) is 6.17 Å². The van der Waals surface area contributed by atoms with Gasteiger partial charge in [0.2, 0.25) is 5.91 Å². The molecule has 1 aliphatic heterocycles. The molecular weight excluding hydrogens is 276 g/mol. The molecule has 0 radical (unpaired) electrons. The van der Waals surface area contributed by atoms with E-state index in [-0.39, 0.29) is 12.1 Å². The van der Waals surface area contributed by atoms with Crippen molar-refractivity contribution >= 4 is 29.0 Å². The largest absolute Gasteiger partial charge is 0.319 e. The average molecular weight is 296 g/mol. The lowest BCUT2D eigenvalue weighted by Crippen LogP contribution is -2.42. The number of thiophene rings is 1. The summed E-state index contributed by atoms with van der Waals surface area (Å²) in [5.74, 6) is 0.267. The highest BCUT2D eigenvalue weighted by Gasteiger charge is 2.38. The fourth-order valence-corrected chi connectivity index (χ4v) is 4.72. The molecule has 0 spiro atoms. The molecule has 3 unspecified atom stereocenters. The smallest absolute Gasteiger partial charge is 0.238 e. The Morgan fingerprint density at radius 1 is 1.47 bits per heavy atom. The van der Waals surface area contributed by atoms with Crippen molar-refractivity contribution < 1.29 is 4.79 Å². The van der Waals surface area contributed by atoms with E-state index in [9.17, 15) is 4.79 Å². The lowest BCUT2D eigenvalue weighted by atomic mass is 9.93. The van der Waals surface area contributed by atoms with Gasteiger partial charge in [0.15, 0.2) is 0 Å². The Balaban J connectivity index is 1.78. The van der Waals surface area contributed by atoms with Crippen LogP contribution in [0.3, 0.4) is 0 Å². The molecule has 104 valence electrons. The zero-order chi connectivity index (χ0) is 13.2. The van der Waals surface area contributed by atoms with Crippen molar-refractivity contribution in [3.05, 3.63) is 22.4 Å². The number of amides is 1. The Bertz CT molecular complexity index is 435. The van der Waals surface area contributed by atoms with Gasteiger partial charge in [0.05, 0.1) is 6.54 Å². The summed E-state index contributed by atoms with van der Waals surface area (Å²) < 4.78 is 0. The van der Waals surface area contributed by atoms with E-state index < -0.39 is 0 Å². The Hall–Kier alpha value is -0.520. The molecular formula is C14H20N2OS2. The van der Waals surface area contributed by atoms with Crippen molar-refractivity contribution in [3.63, 3.8) is 0 Å². The van der Waals surface area contributed by atoms with E-state index in [0.717, 1.165) is 18.1 Å². The maximum Gasteiger partial charge on any atom is 0.238 e. The fourth-order valence-electron chi connectivity index (χ4n) is 3.23. The summed E-state index contributed by atoms with van der Waals surface area (Å²) >= 11 is 3.65. The normalized spacial score (nSPS) is 31.9. The molecule has 1 amide bonds. The number of rotatable bonds is 3. The summed E-state index contributed by atoms with van der Waals surface area (Å²) in [7, 11) is 0. The quantitative estimate of drug-likeness (QED) is 0.931. The van der Waals surface area contributed by atoms with Gasteiger partial charge in [-0.3, -0.25) is 10.1 Å². The van der Waals surface area contributed by atoms with Gasteiger partial charge in [0.25, 0.3) is 0 Å². The Kier molecular flexibility index (Phi) is 4.15. The molecule has 3 nitrogen and oxygen atoms in total. The van der Waals surface area contributed by atoms with Crippen LogP contribution in [0.5, 0.6) is 0 Å². The molecule has 3 atom stereocenters. The molecule has 2 aliphatic rings. The van der Waals surface area contributed by atoms with E-state index in [1.54, 1.807) is 11.3 Å². The lowest BCUT2D eigenvalue weighted by molar-refractivity contribution is -0.131. The minimum absolute atomic E-state index is 0.101. The third kappa shape index (κ3) is 2.69. The van der Waals surface area contributed by atoms with Crippen molar-refractivity contribution in [3.8, 4) is 0 Å². The fraction of sp³-hybridized carbons (Fsp3) is 0.643. The van der Waals surface area contributed by atoms with Crippen LogP contribution in [0.15, 0.2) is 16.8 Å². The Morgan fingerprint density at radius 2 is 2.37 bits per heavy atom. The number of carbonyl (C=O) groups excluding carboxylic acids is 1. The van der Waals surface area contributed by atoms with Crippen LogP contribution in [0.2, 0.25) is 0 Å². The maximum atomic E-state index is 12.2. The first-order chi connectivity index (χ1) is 9.29. The highest BCUT2D eigenvalue weighted by atomic mass is 32.2. The summed E-state index contributed by atoms with van der Waals surface area (Å²) in [6.07, 6.45) is 7.14. The van der Waals surface area contributed by atoms with E-state index in [0.29, 0.717) is 12.6 Å². The third-order valence-corrected chi connectivity index (χ3v) is 5.99. The summed E-state index contributed by atoms with van der Waals surface area (Å²) in [5, 5.41) is 8.32. The highest BCUT2D eigenvalue weighted by Crippen LogP contribution is 2.35. The van der Waals surface area contributed by atoms with Crippen LogP contribution in [-0.2, 0) is 4.79 Å². The number of nitrogens with zero attached hydrogens (tertiary/aromatic N) is 1. The van der Waals surface area contributed by atoms with E-state index in [1.807, 2.05) is 11.8 Å². The van der Waals surface area contributed by atoms with Crippen LogP contribution >= 0.6 is 23.1 Å². The second-order valence-electron chi connectivity index (χ2n) is 5.32.